The molecule has 0 radical (unpaired) electrons. The van der Waals surface area contributed by atoms with Crippen molar-refractivity contribution in [2.24, 2.45) is 0 Å². The van der Waals surface area contributed by atoms with Crippen molar-refractivity contribution in [2.75, 3.05) is 31.1 Å². The second kappa shape index (κ2) is 9.74. The Morgan fingerprint density at radius 2 is 1.60 bits per heavy atom. The Bertz CT molecular complexity index is 964. The number of amides is 1. The average Bonchev–Trinajstić information content (AvgIpc) is 2.83. The zero-order valence-corrected chi connectivity index (χ0v) is 16.9. The third kappa shape index (κ3) is 5.26. The molecule has 0 atom stereocenters. The average molecular weight is 399 g/mol. The van der Waals surface area contributed by atoms with E-state index in [1.54, 1.807) is 18.5 Å². The fraction of sp³-hybridized carbons (Fsp3) is 0.200. The summed E-state index contributed by atoms with van der Waals surface area (Å²) in [7, 11) is 0. The summed E-state index contributed by atoms with van der Waals surface area (Å²) in [6, 6.07) is 22.0. The first-order valence-electron chi connectivity index (χ1n) is 10.2. The molecule has 0 saturated carbocycles. The molecule has 30 heavy (non-hydrogen) atoms. The number of aromatic nitrogens is 1. The van der Waals surface area contributed by atoms with Gasteiger partial charge in [0.25, 0.3) is 0 Å². The highest BCUT2D eigenvalue weighted by Crippen LogP contribution is 2.17. The molecule has 2 aromatic carbocycles. The van der Waals surface area contributed by atoms with E-state index >= 15 is 0 Å². The van der Waals surface area contributed by atoms with Crippen LogP contribution in [0.5, 0.6) is 5.75 Å². The summed E-state index contributed by atoms with van der Waals surface area (Å²) in [6.45, 7) is 3.69. The molecule has 0 N–H and O–H groups in total. The Kier molecular flexibility index (Phi) is 6.40. The molecular formula is C25H25N3O2. The van der Waals surface area contributed by atoms with Gasteiger partial charge in [-0.05, 0) is 53.6 Å². The van der Waals surface area contributed by atoms with Crippen LogP contribution >= 0.6 is 0 Å². The van der Waals surface area contributed by atoms with Gasteiger partial charge in [0.2, 0.25) is 5.91 Å². The van der Waals surface area contributed by atoms with Crippen LogP contribution in [-0.2, 0) is 11.4 Å². The van der Waals surface area contributed by atoms with E-state index in [0.717, 1.165) is 43.1 Å². The predicted molar refractivity (Wildman–Crippen MR) is 119 cm³/mol. The molecule has 0 spiro atoms. The number of benzene rings is 2. The van der Waals surface area contributed by atoms with Gasteiger partial charge in [-0.2, -0.15) is 0 Å². The van der Waals surface area contributed by atoms with E-state index in [0.29, 0.717) is 6.61 Å². The van der Waals surface area contributed by atoms with E-state index in [2.05, 4.69) is 22.0 Å². The lowest BCUT2D eigenvalue weighted by Gasteiger charge is -2.35. The molecular weight excluding hydrogens is 374 g/mol. The lowest BCUT2D eigenvalue weighted by molar-refractivity contribution is -0.126. The van der Waals surface area contributed by atoms with E-state index in [4.69, 9.17) is 4.74 Å². The Labute approximate surface area is 177 Å². The smallest absolute Gasteiger partial charge is 0.246 e. The Morgan fingerprint density at radius 3 is 2.30 bits per heavy atom. The van der Waals surface area contributed by atoms with Crippen LogP contribution in [0.1, 0.15) is 11.1 Å². The molecule has 0 aliphatic carbocycles. The molecule has 3 aromatic rings. The van der Waals surface area contributed by atoms with Crippen molar-refractivity contribution < 1.29 is 9.53 Å². The number of hydrogen-bond acceptors (Lipinski definition) is 4. The van der Waals surface area contributed by atoms with Crippen molar-refractivity contribution in [1.29, 1.82) is 0 Å². The Hall–Kier alpha value is -3.60. The van der Waals surface area contributed by atoms with Crippen LogP contribution in [0.3, 0.4) is 0 Å². The number of carbonyl (C=O) groups excluding carboxylic acids is 1. The summed E-state index contributed by atoms with van der Waals surface area (Å²) < 4.78 is 5.78. The van der Waals surface area contributed by atoms with Crippen LogP contribution in [0.2, 0.25) is 0 Å². The predicted octanol–water partition coefficient (Wildman–Crippen LogP) is 4.02. The first-order valence-corrected chi connectivity index (χ1v) is 10.2. The molecule has 1 amide bonds. The normalized spacial score (nSPS) is 14.1. The summed E-state index contributed by atoms with van der Waals surface area (Å²) in [5.74, 6) is 0.855. The summed E-state index contributed by atoms with van der Waals surface area (Å²) in [4.78, 5) is 20.8. The highest BCUT2D eigenvalue weighted by Gasteiger charge is 2.19. The molecule has 0 unspecified atom stereocenters. The van der Waals surface area contributed by atoms with Gasteiger partial charge in [-0.1, -0.05) is 30.3 Å². The summed E-state index contributed by atoms with van der Waals surface area (Å²) in [6.07, 6.45) is 7.03. The number of carbonyl (C=O) groups is 1. The van der Waals surface area contributed by atoms with Gasteiger partial charge in [-0.25, -0.2) is 0 Å². The van der Waals surface area contributed by atoms with E-state index in [1.807, 2.05) is 65.6 Å². The first-order chi connectivity index (χ1) is 14.8. The largest absolute Gasteiger partial charge is 0.489 e. The fourth-order valence-corrected chi connectivity index (χ4v) is 3.42. The number of hydrogen-bond donors (Lipinski definition) is 0. The molecule has 1 aliphatic heterocycles. The van der Waals surface area contributed by atoms with E-state index in [1.165, 1.54) is 5.69 Å². The molecule has 1 aromatic heterocycles. The minimum Gasteiger partial charge on any atom is -0.489 e. The van der Waals surface area contributed by atoms with Gasteiger partial charge in [0, 0.05) is 50.3 Å². The summed E-state index contributed by atoms with van der Waals surface area (Å²) in [5.41, 5.74) is 3.26. The van der Waals surface area contributed by atoms with Crippen molar-refractivity contribution in [3.8, 4) is 5.75 Å². The minimum atomic E-state index is 0.0562. The van der Waals surface area contributed by atoms with Crippen LogP contribution in [0, 0.1) is 0 Å². The third-order valence-corrected chi connectivity index (χ3v) is 5.17. The van der Waals surface area contributed by atoms with Crippen LogP contribution in [-0.4, -0.2) is 42.0 Å². The van der Waals surface area contributed by atoms with Crippen LogP contribution in [0.25, 0.3) is 6.08 Å². The van der Waals surface area contributed by atoms with Crippen LogP contribution < -0.4 is 9.64 Å². The molecule has 5 heteroatoms. The number of anilines is 1. The zero-order valence-electron chi connectivity index (χ0n) is 16.9. The molecule has 1 aliphatic rings. The highest BCUT2D eigenvalue weighted by molar-refractivity contribution is 5.92. The molecule has 1 saturated heterocycles. The number of piperazine rings is 1. The van der Waals surface area contributed by atoms with Gasteiger partial charge in [0.15, 0.2) is 0 Å². The van der Waals surface area contributed by atoms with Crippen molar-refractivity contribution in [1.82, 2.24) is 9.88 Å². The first kappa shape index (κ1) is 19.7. The summed E-state index contributed by atoms with van der Waals surface area (Å²) in [5, 5.41) is 0. The van der Waals surface area contributed by atoms with Crippen molar-refractivity contribution in [3.63, 3.8) is 0 Å². The topological polar surface area (TPSA) is 45.7 Å². The van der Waals surface area contributed by atoms with Gasteiger partial charge < -0.3 is 14.5 Å². The quantitative estimate of drug-likeness (QED) is 0.588. The molecule has 0 bridgehead atoms. The standard InChI is InChI=1S/C25H25N3O2/c29-25(28-18-16-27(17-19-28)23-4-2-1-3-5-23)11-8-21-6-9-24(10-7-21)30-20-22-12-14-26-15-13-22/h1-15H,16-20H2/b11-8+. The number of rotatable bonds is 6. The maximum atomic E-state index is 12.5. The Balaban J connectivity index is 1.26. The number of para-hydroxylation sites is 1. The van der Waals surface area contributed by atoms with E-state index < -0.39 is 0 Å². The minimum absolute atomic E-state index is 0.0562. The number of nitrogens with zero attached hydrogens (tertiary/aromatic N) is 3. The van der Waals surface area contributed by atoms with Crippen molar-refractivity contribution >= 4 is 17.7 Å². The zero-order chi connectivity index (χ0) is 20.6. The second-order valence-corrected chi connectivity index (χ2v) is 7.19. The van der Waals surface area contributed by atoms with Gasteiger partial charge in [0.05, 0.1) is 0 Å². The van der Waals surface area contributed by atoms with Crippen LogP contribution in [0.4, 0.5) is 5.69 Å². The van der Waals surface area contributed by atoms with E-state index in [-0.39, 0.29) is 5.91 Å². The van der Waals surface area contributed by atoms with Crippen LogP contribution in [0.15, 0.2) is 85.2 Å². The maximum absolute atomic E-state index is 12.5. The molecule has 2 heterocycles. The fourth-order valence-electron chi connectivity index (χ4n) is 3.42. The van der Waals surface area contributed by atoms with Crippen molar-refractivity contribution in [2.45, 2.75) is 6.61 Å². The Morgan fingerprint density at radius 1 is 0.900 bits per heavy atom. The maximum Gasteiger partial charge on any atom is 0.246 e. The molecule has 1 fully saturated rings. The van der Waals surface area contributed by atoms with E-state index in [9.17, 15) is 4.79 Å². The number of pyridine rings is 1. The summed E-state index contributed by atoms with van der Waals surface area (Å²) >= 11 is 0. The highest BCUT2D eigenvalue weighted by atomic mass is 16.5. The SMILES string of the molecule is O=C(/C=C/c1ccc(OCc2ccncc2)cc1)N1CCN(c2ccccc2)CC1. The monoisotopic (exact) mass is 399 g/mol. The van der Waals surface area contributed by atoms with Gasteiger partial charge in [-0.3, -0.25) is 9.78 Å². The second-order valence-electron chi connectivity index (χ2n) is 7.19. The number of ether oxygens (including phenoxy) is 1. The third-order valence-electron chi connectivity index (χ3n) is 5.17. The van der Waals surface area contributed by atoms with Crippen molar-refractivity contribution in [3.05, 3.63) is 96.3 Å². The lowest BCUT2D eigenvalue weighted by atomic mass is 10.2. The molecule has 152 valence electrons. The molecule has 4 rings (SSSR count). The van der Waals surface area contributed by atoms with Gasteiger partial charge in [0.1, 0.15) is 12.4 Å². The van der Waals surface area contributed by atoms with Gasteiger partial charge >= 0.3 is 0 Å². The lowest BCUT2D eigenvalue weighted by Crippen LogP contribution is -2.48. The van der Waals surface area contributed by atoms with Gasteiger partial charge in [-0.15, -0.1) is 0 Å². The molecule has 5 nitrogen and oxygen atoms in total.